The van der Waals surface area contributed by atoms with Gasteiger partial charge in [0, 0.05) is 13.1 Å². The molecule has 2 aromatic carbocycles. The van der Waals surface area contributed by atoms with Crippen LogP contribution in [0.25, 0.3) is 0 Å². The van der Waals surface area contributed by atoms with Crippen LogP contribution < -0.4 is 10.2 Å². The van der Waals surface area contributed by atoms with Crippen LogP contribution in [0.15, 0.2) is 42.5 Å². The summed E-state index contributed by atoms with van der Waals surface area (Å²) in [6.07, 6.45) is 3.81. The molecule has 178 valence electrons. The highest BCUT2D eigenvalue weighted by molar-refractivity contribution is 6.62. The molecule has 6 heteroatoms. The topological polar surface area (TPSA) is 51.2 Å². The van der Waals surface area contributed by atoms with Crippen LogP contribution in [0.4, 0.5) is 0 Å². The molecule has 0 aromatic heterocycles. The van der Waals surface area contributed by atoms with Gasteiger partial charge < -0.3 is 24.1 Å². The second-order valence-corrected chi connectivity index (χ2v) is 10.4. The Morgan fingerprint density at radius 2 is 1.73 bits per heavy atom. The van der Waals surface area contributed by atoms with Crippen molar-refractivity contribution in [3.63, 3.8) is 0 Å². The van der Waals surface area contributed by atoms with Crippen LogP contribution in [0, 0.1) is 0 Å². The number of ether oxygens (including phenoxy) is 1. The van der Waals surface area contributed by atoms with Crippen molar-refractivity contribution in [1.29, 1.82) is 0 Å². The fourth-order valence-electron chi connectivity index (χ4n) is 4.65. The minimum Gasteiger partial charge on any atom is -0.497 e. The van der Waals surface area contributed by atoms with E-state index >= 15 is 0 Å². The van der Waals surface area contributed by atoms with Gasteiger partial charge in [-0.15, -0.1) is 0 Å². The fraction of sp³-hybridized carbons (Fsp3) is 0.556. The largest absolute Gasteiger partial charge is 0.497 e. The molecule has 0 aliphatic carbocycles. The van der Waals surface area contributed by atoms with Crippen molar-refractivity contribution in [2.24, 2.45) is 0 Å². The van der Waals surface area contributed by atoms with Gasteiger partial charge in [-0.1, -0.05) is 30.3 Å². The van der Waals surface area contributed by atoms with E-state index in [9.17, 15) is 5.11 Å². The summed E-state index contributed by atoms with van der Waals surface area (Å²) in [5, 5.41) is 10.7. The van der Waals surface area contributed by atoms with Gasteiger partial charge in [-0.3, -0.25) is 0 Å². The molecule has 2 aliphatic heterocycles. The second-order valence-electron chi connectivity index (χ2n) is 10.4. The molecule has 4 rings (SSSR count). The fourth-order valence-corrected chi connectivity index (χ4v) is 4.65. The Balaban J connectivity index is 1.24. The highest BCUT2D eigenvalue weighted by Gasteiger charge is 2.51. The van der Waals surface area contributed by atoms with Gasteiger partial charge in [0.1, 0.15) is 5.75 Å². The molecule has 1 saturated heterocycles. The average Bonchev–Trinajstić information content (AvgIpc) is 2.91. The van der Waals surface area contributed by atoms with Crippen molar-refractivity contribution in [2.75, 3.05) is 26.7 Å². The lowest BCUT2D eigenvalue weighted by atomic mass is 9.78. The van der Waals surface area contributed by atoms with Crippen LogP contribution in [0.1, 0.15) is 63.3 Å². The lowest BCUT2D eigenvalue weighted by molar-refractivity contribution is 0.00578. The minimum absolute atomic E-state index is 0.303. The standard InChI is InChI=1S/C27H38BNO4/c1-26(2)27(3,4)33-28(32-26)22-11-9-20(10-12-22)8-6-7-16-29-17-15-21-18-23(31-5)13-14-24(21)25(30)19-29/h9-14,18,25,30H,6-8,15-17,19H2,1-5H3/t25-/m0/s1. The van der Waals surface area contributed by atoms with Crippen LogP contribution in [-0.2, 0) is 22.2 Å². The molecule has 0 bridgehead atoms. The van der Waals surface area contributed by atoms with E-state index in [0.29, 0.717) is 6.54 Å². The van der Waals surface area contributed by atoms with E-state index in [1.807, 2.05) is 12.1 Å². The Bertz CT molecular complexity index is 928. The highest BCUT2D eigenvalue weighted by Crippen LogP contribution is 2.36. The number of aliphatic hydroxyl groups excluding tert-OH is 1. The lowest BCUT2D eigenvalue weighted by Gasteiger charge is -2.32. The van der Waals surface area contributed by atoms with Crippen LogP contribution >= 0.6 is 0 Å². The summed E-state index contributed by atoms with van der Waals surface area (Å²) >= 11 is 0. The number of hydrogen-bond acceptors (Lipinski definition) is 5. The van der Waals surface area contributed by atoms with Gasteiger partial charge >= 0.3 is 7.12 Å². The number of benzene rings is 2. The Hall–Kier alpha value is -1.86. The number of nitrogens with zero attached hydrogens (tertiary/aromatic N) is 1. The van der Waals surface area contributed by atoms with Crippen LogP contribution in [0.3, 0.4) is 0 Å². The second kappa shape index (κ2) is 9.79. The van der Waals surface area contributed by atoms with Crippen molar-refractivity contribution >= 4 is 12.6 Å². The number of unbranched alkanes of at least 4 members (excludes halogenated alkanes) is 1. The van der Waals surface area contributed by atoms with Crippen molar-refractivity contribution < 1.29 is 19.2 Å². The third-order valence-electron chi connectivity index (χ3n) is 7.53. The zero-order valence-electron chi connectivity index (χ0n) is 20.8. The molecule has 0 radical (unpaired) electrons. The smallest absolute Gasteiger partial charge is 0.494 e. The van der Waals surface area contributed by atoms with Gasteiger partial charge in [0.05, 0.1) is 24.4 Å². The first-order chi connectivity index (χ1) is 15.7. The maximum atomic E-state index is 10.7. The summed E-state index contributed by atoms with van der Waals surface area (Å²) in [4.78, 5) is 2.39. The number of aliphatic hydroxyl groups is 1. The van der Waals surface area contributed by atoms with Gasteiger partial charge in [-0.2, -0.15) is 0 Å². The summed E-state index contributed by atoms with van der Waals surface area (Å²) < 4.78 is 17.7. The zero-order valence-corrected chi connectivity index (χ0v) is 20.8. The predicted octanol–water partition coefficient (Wildman–Crippen LogP) is 3.91. The van der Waals surface area contributed by atoms with Crippen molar-refractivity contribution in [1.82, 2.24) is 4.90 Å². The monoisotopic (exact) mass is 451 g/mol. The van der Waals surface area contributed by atoms with E-state index in [1.54, 1.807) is 7.11 Å². The number of hydrogen-bond donors (Lipinski definition) is 1. The highest BCUT2D eigenvalue weighted by atomic mass is 16.7. The first kappa shape index (κ1) is 24.3. The van der Waals surface area contributed by atoms with E-state index in [0.717, 1.165) is 55.5 Å². The van der Waals surface area contributed by atoms with Gasteiger partial charge in [0.25, 0.3) is 0 Å². The molecular weight excluding hydrogens is 413 g/mol. The van der Waals surface area contributed by atoms with E-state index in [1.165, 1.54) is 11.1 Å². The summed E-state index contributed by atoms with van der Waals surface area (Å²) in [6.45, 7) is 11.0. The van der Waals surface area contributed by atoms with Gasteiger partial charge in [-0.25, -0.2) is 0 Å². The Kier molecular flexibility index (Phi) is 7.20. The number of β-amino-alcohol motifs (C(OH)–C–C–N with tert-alkyl or cyclic N) is 1. The molecule has 0 saturated carbocycles. The van der Waals surface area contributed by atoms with Crippen LogP contribution in [0.5, 0.6) is 5.75 Å². The van der Waals surface area contributed by atoms with Gasteiger partial charge in [-0.05, 0) is 94.2 Å². The normalized spacial score (nSPS) is 22.1. The Morgan fingerprint density at radius 1 is 1.03 bits per heavy atom. The molecule has 1 N–H and O–H groups in total. The van der Waals surface area contributed by atoms with Crippen LogP contribution in [0.2, 0.25) is 0 Å². The Morgan fingerprint density at radius 3 is 2.39 bits per heavy atom. The molecule has 2 aromatic rings. The summed E-state index contributed by atoms with van der Waals surface area (Å²) in [5.74, 6) is 0.860. The molecule has 0 spiro atoms. The summed E-state index contributed by atoms with van der Waals surface area (Å²) in [7, 11) is 1.38. The number of aryl methyl sites for hydroxylation is 1. The van der Waals surface area contributed by atoms with Gasteiger partial charge in [0.15, 0.2) is 0 Å². The zero-order chi connectivity index (χ0) is 23.6. The third kappa shape index (κ3) is 5.46. The first-order valence-electron chi connectivity index (χ1n) is 12.2. The molecule has 0 amide bonds. The summed E-state index contributed by atoms with van der Waals surface area (Å²) in [5.41, 5.74) is 4.03. The molecule has 1 atom stereocenters. The number of rotatable bonds is 7. The molecule has 1 fully saturated rings. The minimum atomic E-state index is -0.434. The van der Waals surface area contributed by atoms with E-state index in [2.05, 4.69) is 62.9 Å². The molecule has 2 heterocycles. The average molecular weight is 451 g/mol. The van der Waals surface area contributed by atoms with E-state index < -0.39 is 6.10 Å². The van der Waals surface area contributed by atoms with Crippen molar-refractivity contribution in [2.45, 2.75) is 70.7 Å². The predicted molar refractivity (Wildman–Crippen MR) is 133 cm³/mol. The SMILES string of the molecule is COc1ccc2c(c1)CCN(CCCCc1ccc(B3OC(C)(C)C(C)(C)O3)cc1)C[C@@H]2O. The molecular formula is C27H38BNO4. The number of fused-ring (bicyclic) bond motifs is 1. The quantitative estimate of drug-likeness (QED) is 0.511. The first-order valence-corrected chi connectivity index (χ1v) is 12.2. The Labute approximate surface area is 199 Å². The van der Waals surface area contributed by atoms with Gasteiger partial charge in [0.2, 0.25) is 0 Å². The lowest BCUT2D eigenvalue weighted by Crippen LogP contribution is -2.41. The molecule has 0 unspecified atom stereocenters. The third-order valence-corrected chi connectivity index (χ3v) is 7.53. The van der Waals surface area contributed by atoms with E-state index in [4.69, 9.17) is 14.0 Å². The maximum Gasteiger partial charge on any atom is 0.494 e. The van der Waals surface area contributed by atoms with Crippen molar-refractivity contribution in [3.8, 4) is 5.75 Å². The molecule has 2 aliphatic rings. The number of methoxy groups -OCH3 is 1. The maximum absolute atomic E-state index is 10.7. The molecule has 33 heavy (non-hydrogen) atoms. The van der Waals surface area contributed by atoms with Crippen LogP contribution in [-0.4, -0.2) is 55.1 Å². The summed E-state index contributed by atoms with van der Waals surface area (Å²) in [6, 6.07) is 14.7. The molecule has 5 nitrogen and oxygen atoms in total. The van der Waals surface area contributed by atoms with Crippen molar-refractivity contribution in [3.05, 3.63) is 59.2 Å². The van der Waals surface area contributed by atoms with E-state index in [-0.39, 0.29) is 18.3 Å².